The average molecular weight is 206 g/mol. The smallest absolute Gasteiger partial charge is 0.127 e. The first-order valence-electron chi connectivity index (χ1n) is 3.77. The SMILES string of the molecule is Cn1ncc(C(O)C(O)CCl)c1N. The Balaban J connectivity index is 2.88. The first-order chi connectivity index (χ1) is 6.07. The maximum Gasteiger partial charge on any atom is 0.127 e. The number of anilines is 1. The lowest BCUT2D eigenvalue weighted by Crippen LogP contribution is -2.20. The lowest BCUT2D eigenvalue weighted by Gasteiger charge is -2.14. The molecule has 1 rings (SSSR count). The van der Waals surface area contributed by atoms with Crippen molar-refractivity contribution in [3.05, 3.63) is 11.8 Å². The highest BCUT2D eigenvalue weighted by atomic mass is 35.5. The van der Waals surface area contributed by atoms with Gasteiger partial charge in [-0.3, -0.25) is 4.68 Å². The number of nitrogens with zero attached hydrogens (tertiary/aromatic N) is 2. The van der Waals surface area contributed by atoms with Crippen molar-refractivity contribution in [3.63, 3.8) is 0 Å². The molecule has 1 heterocycles. The van der Waals surface area contributed by atoms with Crippen LogP contribution in [0.2, 0.25) is 0 Å². The molecule has 6 heteroatoms. The zero-order chi connectivity index (χ0) is 10.0. The summed E-state index contributed by atoms with van der Waals surface area (Å²) in [6.07, 6.45) is -0.685. The third kappa shape index (κ3) is 1.93. The Morgan fingerprint density at radius 3 is 2.69 bits per heavy atom. The number of aromatic nitrogens is 2. The van der Waals surface area contributed by atoms with Crippen LogP contribution in [0, 0.1) is 0 Å². The van der Waals surface area contributed by atoms with Crippen LogP contribution in [0.3, 0.4) is 0 Å². The molecule has 5 nitrogen and oxygen atoms in total. The van der Waals surface area contributed by atoms with Crippen LogP contribution in [-0.2, 0) is 7.05 Å². The molecule has 0 aliphatic rings. The molecule has 0 spiro atoms. The highest BCUT2D eigenvalue weighted by Gasteiger charge is 2.21. The lowest BCUT2D eigenvalue weighted by atomic mass is 10.1. The van der Waals surface area contributed by atoms with Gasteiger partial charge in [-0.25, -0.2) is 0 Å². The quantitative estimate of drug-likeness (QED) is 0.589. The molecule has 0 saturated heterocycles. The maximum atomic E-state index is 9.52. The number of halogens is 1. The second-order valence-corrected chi connectivity index (χ2v) is 3.08. The number of alkyl halides is 1. The van der Waals surface area contributed by atoms with Crippen LogP contribution >= 0.6 is 11.6 Å². The predicted molar refractivity (Wildman–Crippen MR) is 49.3 cm³/mol. The molecule has 0 fully saturated rings. The van der Waals surface area contributed by atoms with E-state index < -0.39 is 12.2 Å². The molecule has 0 aromatic carbocycles. The first kappa shape index (κ1) is 10.3. The van der Waals surface area contributed by atoms with E-state index in [-0.39, 0.29) is 5.88 Å². The summed E-state index contributed by atoms with van der Waals surface area (Å²) in [6, 6.07) is 0. The monoisotopic (exact) mass is 205 g/mol. The molecule has 0 bridgehead atoms. The van der Waals surface area contributed by atoms with Crippen LogP contribution in [0.15, 0.2) is 6.20 Å². The van der Waals surface area contributed by atoms with Gasteiger partial charge < -0.3 is 15.9 Å². The van der Waals surface area contributed by atoms with Crippen LogP contribution in [-0.4, -0.2) is 32.0 Å². The summed E-state index contributed by atoms with van der Waals surface area (Å²) in [4.78, 5) is 0. The number of nitrogens with two attached hydrogens (primary N) is 1. The fourth-order valence-electron chi connectivity index (χ4n) is 0.984. The Morgan fingerprint density at radius 1 is 1.69 bits per heavy atom. The van der Waals surface area contributed by atoms with Gasteiger partial charge in [-0.05, 0) is 0 Å². The fraction of sp³-hybridized carbons (Fsp3) is 0.571. The highest BCUT2D eigenvalue weighted by molar-refractivity contribution is 6.18. The van der Waals surface area contributed by atoms with Gasteiger partial charge in [-0.2, -0.15) is 5.10 Å². The van der Waals surface area contributed by atoms with E-state index >= 15 is 0 Å². The predicted octanol–water partition coefficient (Wildman–Crippen LogP) is -0.365. The third-order valence-electron chi connectivity index (χ3n) is 1.86. The van der Waals surface area contributed by atoms with Crippen LogP contribution in [0.25, 0.3) is 0 Å². The fourth-order valence-corrected chi connectivity index (χ4v) is 1.15. The molecule has 1 aromatic heterocycles. The number of aryl methyl sites for hydroxylation is 1. The zero-order valence-electron chi connectivity index (χ0n) is 7.18. The van der Waals surface area contributed by atoms with E-state index in [1.54, 1.807) is 7.05 Å². The van der Waals surface area contributed by atoms with E-state index in [1.807, 2.05) is 0 Å². The molecule has 2 atom stereocenters. The summed E-state index contributed by atoms with van der Waals surface area (Å²) in [5, 5.41) is 22.6. The summed E-state index contributed by atoms with van der Waals surface area (Å²) < 4.78 is 1.42. The summed E-state index contributed by atoms with van der Waals surface area (Å²) in [6.45, 7) is 0. The van der Waals surface area contributed by atoms with Gasteiger partial charge in [0.2, 0.25) is 0 Å². The topological polar surface area (TPSA) is 84.3 Å². The summed E-state index contributed by atoms with van der Waals surface area (Å²) in [7, 11) is 1.65. The Morgan fingerprint density at radius 2 is 2.31 bits per heavy atom. The summed E-state index contributed by atoms with van der Waals surface area (Å²) in [5.41, 5.74) is 5.98. The van der Waals surface area contributed by atoms with Gasteiger partial charge >= 0.3 is 0 Å². The second-order valence-electron chi connectivity index (χ2n) is 2.78. The largest absolute Gasteiger partial charge is 0.389 e. The maximum absolute atomic E-state index is 9.52. The summed E-state index contributed by atoms with van der Waals surface area (Å²) in [5.74, 6) is 0.284. The van der Waals surface area contributed by atoms with E-state index in [0.29, 0.717) is 11.4 Å². The molecular weight excluding hydrogens is 194 g/mol. The van der Waals surface area contributed by atoms with Crippen molar-refractivity contribution >= 4 is 17.4 Å². The minimum Gasteiger partial charge on any atom is -0.389 e. The molecular formula is C7H12ClN3O2. The van der Waals surface area contributed by atoms with E-state index in [4.69, 9.17) is 17.3 Å². The van der Waals surface area contributed by atoms with E-state index in [0.717, 1.165) is 0 Å². The van der Waals surface area contributed by atoms with Crippen molar-refractivity contribution in [2.24, 2.45) is 7.05 Å². The van der Waals surface area contributed by atoms with Gasteiger partial charge in [0.05, 0.1) is 18.2 Å². The van der Waals surface area contributed by atoms with Gasteiger partial charge in [0.15, 0.2) is 0 Å². The van der Waals surface area contributed by atoms with E-state index in [2.05, 4.69) is 5.10 Å². The van der Waals surface area contributed by atoms with Gasteiger partial charge in [-0.15, -0.1) is 11.6 Å². The zero-order valence-corrected chi connectivity index (χ0v) is 7.94. The second kappa shape index (κ2) is 3.95. The highest BCUT2D eigenvalue weighted by Crippen LogP contribution is 2.22. The number of hydrogen-bond acceptors (Lipinski definition) is 4. The van der Waals surface area contributed by atoms with Crippen molar-refractivity contribution in [2.45, 2.75) is 12.2 Å². The molecule has 2 unspecified atom stereocenters. The minimum absolute atomic E-state index is 0.0461. The van der Waals surface area contributed by atoms with Gasteiger partial charge in [0.25, 0.3) is 0 Å². The van der Waals surface area contributed by atoms with Gasteiger partial charge in [-0.1, -0.05) is 0 Å². The molecule has 0 aliphatic heterocycles. The molecule has 74 valence electrons. The lowest BCUT2D eigenvalue weighted by molar-refractivity contribution is 0.0331. The van der Waals surface area contributed by atoms with Crippen molar-refractivity contribution in [3.8, 4) is 0 Å². The number of rotatable bonds is 3. The number of aliphatic hydroxyl groups excluding tert-OH is 2. The van der Waals surface area contributed by atoms with Gasteiger partial charge in [0.1, 0.15) is 11.9 Å². The van der Waals surface area contributed by atoms with Crippen LogP contribution in [0.5, 0.6) is 0 Å². The molecule has 4 N–H and O–H groups in total. The summed E-state index contributed by atoms with van der Waals surface area (Å²) >= 11 is 5.38. The van der Waals surface area contributed by atoms with Crippen LogP contribution in [0.4, 0.5) is 5.82 Å². The van der Waals surface area contributed by atoms with Crippen molar-refractivity contribution < 1.29 is 10.2 Å². The molecule has 13 heavy (non-hydrogen) atoms. The van der Waals surface area contributed by atoms with E-state index in [9.17, 15) is 10.2 Å². The Labute approximate surface area is 80.7 Å². The Kier molecular flexibility index (Phi) is 3.13. The van der Waals surface area contributed by atoms with Crippen LogP contribution in [0.1, 0.15) is 11.7 Å². The Hall–Kier alpha value is -0.780. The molecule has 0 radical (unpaired) electrons. The molecule has 0 amide bonds. The average Bonchev–Trinajstić information content (AvgIpc) is 2.45. The number of hydrogen-bond donors (Lipinski definition) is 3. The van der Waals surface area contributed by atoms with Gasteiger partial charge in [0, 0.05) is 12.6 Å². The molecule has 0 aliphatic carbocycles. The standard InChI is InChI=1S/C7H12ClN3O2/c1-11-7(9)4(3-10-11)6(13)5(12)2-8/h3,5-6,12-13H,2,9H2,1H3. The van der Waals surface area contributed by atoms with Crippen molar-refractivity contribution in [1.29, 1.82) is 0 Å². The number of nitrogen functional groups attached to an aromatic ring is 1. The van der Waals surface area contributed by atoms with Crippen molar-refractivity contribution in [1.82, 2.24) is 9.78 Å². The number of aliphatic hydroxyl groups is 2. The first-order valence-corrected chi connectivity index (χ1v) is 4.30. The minimum atomic E-state index is -1.08. The Bertz CT molecular complexity index is 289. The molecule has 1 aromatic rings. The van der Waals surface area contributed by atoms with E-state index in [1.165, 1.54) is 10.9 Å². The normalized spacial score (nSPS) is 15.7. The third-order valence-corrected chi connectivity index (χ3v) is 2.17. The molecule has 0 saturated carbocycles. The van der Waals surface area contributed by atoms with Crippen molar-refractivity contribution in [2.75, 3.05) is 11.6 Å². The van der Waals surface area contributed by atoms with Crippen LogP contribution < -0.4 is 5.73 Å².